The molecule has 0 aliphatic carbocycles. The van der Waals surface area contributed by atoms with Gasteiger partial charge in [0, 0.05) is 12.1 Å². The van der Waals surface area contributed by atoms with Crippen molar-refractivity contribution in [1.82, 2.24) is 5.32 Å². The minimum atomic E-state index is -0.479. The summed E-state index contributed by atoms with van der Waals surface area (Å²) in [4.78, 5) is 24.2. The van der Waals surface area contributed by atoms with Gasteiger partial charge < -0.3 is 14.8 Å². The average Bonchev–Trinajstić information content (AvgIpc) is 2.64. The van der Waals surface area contributed by atoms with Crippen molar-refractivity contribution in [3.8, 4) is 5.75 Å². The van der Waals surface area contributed by atoms with E-state index < -0.39 is 5.97 Å². The van der Waals surface area contributed by atoms with Gasteiger partial charge in [-0.05, 0) is 40.8 Å². The fourth-order valence-corrected chi connectivity index (χ4v) is 2.54. The molecule has 0 aliphatic heterocycles. The quantitative estimate of drug-likeness (QED) is 0.831. The Morgan fingerprint density at radius 1 is 1.00 bits per heavy atom. The highest BCUT2D eigenvalue weighted by atomic mass is 16.5. The van der Waals surface area contributed by atoms with Crippen molar-refractivity contribution in [2.45, 2.75) is 32.7 Å². The van der Waals surface area contributed by atoms with Crippen LogP contribution in [-0.4, -0.2) is 26.1 Å². The summed E-state index contributed by atoms with van der Waals surface area (Å²) in [6.45, 7) is 6.69. The van der Waals surface area contributed by atoms with E-state index in [1.54, 1.807) is 18.2 Å². The summed E-state index contributed by atoms with van der Waals surface area (Å²) < 4.78 is 9.93. The summed E-state index contributed by atoms with van der Waals surface area (Å²) in [5.74, 6) is -0.210. The molecule has 138 valence electrons. The van der Waals surface area contributed by atoms with Crippen LogP contribution < -0.4 is 10.1 Å². The molecule has 0 unspecified atom stereocenters. The van der Waals surface area contributed by atoms with Crippen molar-refractivity contribution in [2.24, 2.45) is 0 Å². The third-order valence-corrected chi connectivity index (χ3v) is 4.14. The fraction of sp³-hybridized carbons (Fsp3) is 0.333. The van der Waals surface area contributed by atoms with E-state index in [1.165, 1.54) is 19.8 Å². The molecule has 5 nitrogen and oxygen atoms in total. The Morgan fingerprint density at radius 3 is 2.19 bits per heavy atom. The molecule has 2 rings (SSSR count). The maximum atomic E-state index is 12.3. The summed E-state index contributed by atoms with van der Waals surface area (Å²) in [5, 5.41) is 2.86. The molecule has 0 atom stereocenters. The number of carbonyl (C=O) groups excluding carboxylic acids is 2. The first kappa shape index (κ1) is 19.5. The van der Waals surface area contributed by atoms with E-state index >= 15 is 0 Å². The van der Waals surface area contributed by atoms with Crippen molar-refractivity contribution in [3.63, 3.8) is 0 Å². The molecule has 1 N–H and O–H groups in total. The van der Waals surface area contributed by atoms with E-state index in [-0.39, 0.29) is 11.3 Å². The monoisotopic (exact) mass is 355 g/mol. The second kappa shape index (κ2) is 8.04. The van der Waals surface area contributed by atoms with Crippen molar-refractivity contribution < 1.29 is 19.1 Å². The number of hydrogen-bond acceptors (Lipinski definition) is 4. The van der Waals surface area contributed by atoms with E-state index in [0.717, 1.165) is 5.56 Å². The molecule has 5 heteroatoms. The third-order valence-electron chi connectivity index (χ3n) is 4.14. The minimum Gasteiger partial charge on any atom is -0.496 e. The number of amides is 1. The highest BCUT2D eigenvalue weighted by Crippen LogP contribution is 2.23. The number of nitrogens with one attached hydrogen (secondary N) is 1. The molecule has 2 aromatic rings. The number of ether oxygens (including phenoxy) is 2. The van der Waals surface area contributed by atoms with Crippen LogP contribution in [0.5, 0.6) is 5.75 Å². The van der Waals surface area contributed by atoms with E-state index in [9.17, 15) is 9.59 Å². The summed E-state index contributed by atoms with van der Waals surface area (Å²) in [7, 11) is 2.81. The van der Waals surface area contributed by atoms with Gasteiger partial charge in [-0.25, -0.2) is 4.79 Å². The van der Waals surface area contributed by atoms with E-state index in [2.05, 4.69) is 26.1 Å². The zero-order chi connectivity index (χ0) is 19.3. The van der Waals surface area contributed by atoms with Crippen molar-refractivity contribution in [3.05, 3.63) is 64.7 Å². The molecule has 0 radical (unpaired) electrons. The lowest BCUT2D eigenvalue weighted by Crippen LogP contribution is -2.23. The molecule has 0 aromatic heterocycles. The number of carbonyl (C=O) groups is 2. The van der Waals surface area contributed by atoms with Gasteiger partial charge in [0.1, 0.15) is 11.3 Å². The van der Waals surface area contributed by atoms with Gasteiger partial charge in [0.2, 0.25) is 0 Å². The van der Waals surface area contributed by atoms with E-state index in [1.807, 2.05) is 24.3 Å². The fourth-order valence-electron chi connectivity index (χ4n) is 2.54. The largest absolute Gasteiger partial charge is 0.496 e. The van der Waals surface area contributed by atoms with E-state index in [0.29, 0.717) is 23.4 Å². The van der Waals surface area contributed by atoms with Crippen LogP contribution in [0.25, 0.3) is 0 Å². The molecule has 0 aliphatic rings. The maximum Gasteiger partial charge on any atom is 0.341 e. The van der Waals surface area contributed by atoms with Gasteiger partial charge in [-0.2, -0.15) is 0 Å². The molecule has 0 saturated heterocycles. The van der Waals surface area contributed by atoms with Crippen LogP contribution >= 0.6 is 0 Å². The maximum absolute atomic E-state index is 12.3. The lowest BCUT2D eigenvalue weighted by Gasteiger charge is -2.19. The molecule has 2 aromatic carbocycles. The predicted octanol–water partition coefficient (Wildman–Crippen LogP) is 3.71. The van der Waals surface area contributed by atoms with Gasteiger partial charge in [-0.3, -0.25) is 4.79 Å². The smallest absolute Gasteiger partial charge is 0.341 e. The number of esters is 1. The number of benzene rings is 2. The molecule has 0 spiro atoms. The highest BCUT2D eigenvalue weighted by Gasteiger charge is 2.15. The molecule has 0 bridgehead atoms. The van der Waals surface area contributed by atoms with Crippen LogP contribution in [0.3, 0.4) is 0 Å². The molecule has 0 fully saturated rings. The van der Waals surface area contributed by atoms with Crippen LogP contribution in [0.15, 0.2) is 42.5 Å². The highest BCUT2D eigenvalue weighted by molar-refractivity contribution is 5.94. The van der Waals surface area contributed by atoms with Crippen LogP contribution in [-0.2, 0) is 16.7 Å². The van der Waals surface area contributed by atoms with Gasteiger partial charge in [-0.15, -0.1) is 0 Å². The zero-order valence-electron chi connectivity index (χ0n) is 15.9. The number of hydrogen-bond donors (Lipinski definition) is 1. The van der Waals surface area contributed by atoms with Crippen LogP contribution in [0, 0.1) is 0 Å². The van der Waals surface area contributed by atoms with Crippen LogP contribution in [0.2, 0.25) is 0 Å². The molecule has 0 heterocycles. The Kier molecular flexibility index (Phi) is 6.03. The zero-order valence-corrected chi connectivity index (χ0v) is 15.9. The Hall–Kier alpha value is -2.82. The second-order valence-electron chi connectivity index (χ2n) is 7.04. The van der Waals surface area contributed by atoms with Gasteiger partial charge in [0.05, 0.1) is 14.2 Å². The summed E-state index contributed by atoms with van der Waals surface area (Å²) in [6, 6.07) is 12.7. The lowest BCUT2D eigenvalue weighted by atomic mass is 9.87. The van der Waals surface area contributed by atoms with Gasteiger partial charge in [0.25, 0.3) is 5.91 Å². The Balaban J connectivity index is 2.08. The number of rotatable bonds is 5. The summed E-state index contributed by atoms with van der Waals surface area (Å²) in [6.07, 6.45) is 0. The molecular formula is C21H25NO4. The molecular weight excluding hydrogens is 330 g/mol. The topological polar surface area (TPSA) is 64.6 Å². The minimum absolute atomic E-state index is 0.0440. The first-order valence-electron chi connectivity index (χ1n) is 8.40. The van der Waals surface area contributed by atoms with Gasteiger partial charge in [-0.1, -0.05) is 39.0 Å². The Bertz CT molecular complexity index is 789. The van der Waals surface area contributed by atoms with Gasteiger partial charge in [0.15, 0.2) is 0 Å². The first-order valence-corrected chi connectivity index (χ1v) is 8.40. The van der Waals surface area contributed by atoms with Crippen molar-refractivity contribution >= 4 is 11.9 Å². The van der Waals surface area contributed by atoms with Crippen molar-refractivity contribution in [2.75, 3.05) is 14.2 Å². The molecule has 0 saturated carbocycles. The summed E-state index contributed by atoms with van der Waals surface area (Å²) in [5.41, 5.74) is 2.93. The normalized spacial score (nSPS) is 11.0. The van der Waals surface area contributed by atoms with Crippen molar-refractivity contribution in [1.29, 1.82) is 0 Å². The number of methoxy groups -OCH3 is 2. The van der Waals surface area contributed by atoms with E-state index in [4.69, 9.17) is 9.47 Å². The van der Waals surface area contributed by atoms with Crippen LogP contribution in [0.1, 0.15) is 52.6 Å². The lowest BCUT2D eigenvalue weighted by molar-refractivity contribution is 0.0597. The molecule has 26 heavy (non-hydrogen) atoms. The van der Waals surface area contributed by atoms with Gasteiger partial charge >= 0.3 is 5.97 Å². The Labute approximate surface area is 154 Å². The standard InChI is InChI=1S/C21H25NO4/c1-21(2,3)16-9-7-15(8-10-16)19(23)22-13-14-6-11-18(25-4)17(12-14)20(24)26-5/h6-12H,13H2,1-5H3,(H,22,23). The summed E-state index contributed by atoms with van der Waals surface area (Å²) >= 11 is 0. The van der Waals surface area contributed by atoms with Crippen LogP contribution in [0.4, 0.5) is 0 Å². The molecule has 1 amide bonds. The average molecular weight is 355 g/mol. The second-order valence-corrected chi connectivity index (χ2v) is 7.04. The SMILES string of the molecule is COC(=O)c1cc(CNC(=O)c2ccc(C(C)(C)C)cc2)ccc1OC. The predicted molar refractivity (Wildman–Crippen MR) is 101 cm³/mol. The Morgan fingerprint density at radius 2 is 1.65 bits per heavy atom. The third kappa shape index (κ3) is 4.63. The first-order chi connectivity index (χ1) is 12.3.